The summed E-state index contributed by atoms with van der Waals surface area (Å²) < 4.78 is 0. The van der Waals surface area contributed by atoms with Crippen LogP contribution in [0.4, 0.5) is 0 Å². The van der Waals surface area contributed by atoms with Gasteiger partial charge < -0.3 is 21.3 Å². The zero-order valence-corrected chi connectivity index (χ0v) is 34.8. The Morgan fingerprint density at radius 1 is 0.580 bits per heavy atom. The molecule has 278 valence electrons. The minimum atomic E-state index is -0.151. The first-order valence-corrected chi connectivity index (χ1v) is 23.5. The van der Waals surface area contributed by atoms with E-state index in [1.807, 2.05) is 0 Å². The van der Waals surface area contributed by atoms with Crippen LogP contribution in [-0.4, -0.2) is 61.7 Å². The summed E-state index contributed by atoms with van der Waals surface area (Å²) in [6.07, 6.45) is 20.3. The Bertz CT molecular complexity index is 1290. The summed E-state index contributed by atoms with van der Waals surface area (Å²) in [5.41, 5.74) is 6.82. The van der Waals surface area contributed by atoms with Crippen molar-refractivity contribution in [3.05, 3.63) is 34.4 Å². The van der Waals surface area contributed by atoms with Crippen LogP contribution in [0, 0.1) is 35.5 Å². The van der Waals surface area contributed by atoms with Crippen molar-refractivity contribution in [3.63, 3.8) is 0 Å². The van der Waals surface area contributed by atoms with Crippen LogP contribution in [0.5, 0.6) is 0 Å². The molecule has 4 N–H and O–H groups in total. The molecule has 0 amide bonds. The van der Waals surface area contributed by atoms with E-state index in [9.17, 15) is 0 Å². The summed E-state index contributed by atoms with van der Waals surface area (Å²) in [5, 5.41) is 17.1. The van der Waals surface area contributed by atoms with E-state index in [2.05, 4.69) is 84.2 Å². The third kappa shape index (κ3) is 6.06. The standard InChI is InChI=1S/C44H72N4P2/c1-40(2,3)36-17-34(35(18-37(36)41(4,5)6)44(49,38-25-45-7-9-47-38)39-26-46-8-10-48-39)27-50(42-19-28-11-29(20-42)13-30(12-28)21-42)43-22-31-14-32(23-43)16-33(15-31)24-43/h17-18,28-33,38-39,45-48H,7-16,19-27,49H2,1-6H3. The predicted molar refractivity (Wildman–Crippen MR) is 217 cm³/mol. The minimum absolute atomic E-state index is 0.0859. The Morgan fingerprint density at radius 3 is 1.30 bits per heavy atom. The Kier molecular flexibility index (Phi) is 9.07. The molecule has 0 spiro atoms. The zero-order valence-electron chi connectivity index (χ0n) is 32.7. The van der Waals surface area contributed by atoms with Gasteiger partial charge in [-0.25, -0.2) is 0 Å². The summed E-state index contributed by atoms with van der Waals surface area (Å²) in [7, 11) is 3.46. The number of rotatable bonds is 7. The third-order valence-electron chi connectivity index (χ3n) is 16.0. The van der Waals surface area contributed by atoms with E-state index < -0.39 is 0 Å². The number of hydrogen-bond acceptors (Lipinski definition) is 4. The average molecular weight is 719 g/mol. The zero-order chi connectivity index (χ0) is 34.7. The first-order chi connectivity index (χ1) is 23.7. The summed E-state index contributed by atoms with van der Waals surface area (Å²) in [6, 6.07) is 6.41. The smallest absolute Gasteiger partial charge is 0.0429 e. The number of piperazine rings is 2. The van der Waals surface area contributed by atoms with Crippen LogP contribution in [0.15, 0.2) is 12.1 Å². The summed E-state index contributed by atoms with van der Waals surface area (Å²) in [4.78, 5) is 0. The van der Waals surface area contributed by atoms with Crippen molar-refractivity contribution >= 4 is 17.2 Å². The van der Waals surface area contributed by atoms with Gasteiger partial charge in [-0.05, 0) is 162 Å². The lowest BCUT2D eigenvalue weighted by molar-refractivity contribution is 0.0184. The molecule has 10 aliphatic rings. The maximum absolute atomic E-state index is 4.11. The minimum Gasteiger partial charge on any atom is -0.314 e. The van der Waals surface area contributed by atoms with Gasteiger partial charge in [0.25, 0.3) is 0 Å². The summed E-state index contributed by atoms with van der Waals surface area (Å²) in [5.74, 6) is 6.19. The molecule has 3 unspecified atom stereocenters. The number of hydrogen-bond donors (Lipinski definition) is 4. The van der Waals surface area contributed by atoms with Crippen LogP contribution in [0.3, 0.4) is 0 Å². The Balaban J connectivity index is 1.24. The van der Waals surface area contributed by atoms with Crippen LogP contribution in [-0.2, 0) is 22.1 Å². The van der Waals surface area contributed by atoms with Gasteiger partial charge in [-0.15, -0.1) is 9.24 Å². The van der Waals surface area contributed by atoms with E-state index in [-0.39, 0.29) is 23.9 Å². The second-order valence-corrected chi connectivity index (χ2v) is 25.8. The molecule has 0 aromatic heterocycles. The molecule has 4 nitrogen and oxygen atoms in total. The normalized spacial score (nSPS) is 42.9. The van der Waals surface area contributed by atoms with E-state index in [1.54, 1.807) is 99.3 Å². The topological polar surface area (TPSA) is 48.1 Å². The van der Waals surface area contributed by atoms with Crippen LogP contribution in [0.1, 0.15) is 141 Å². The monoisotopic (exact) mass is 719 g/mol. The van der Waals surface area contributed by atoms with Crippen molar-refractivity contribution in [2.24, 2.45) is 35.5 Å². The maximum Gasteiger partial charge on any atom is 0.0429 e. The van der Waals surface area contributed by atoms with Gasteiger partial charge >= 0.3 is 0 Å². The second-order valence-electron chi connectivity index (χ2n) is 21.8. The molecule has 50 heavy (non-hydrogen) atoms. The SMILES string of the molecule is CC(C)(C)c1cc(CP(C23CC4CC(CC(C4)C2)C3)C23CC4CC(CC(C4)C2)C3)c(C(P)(C2CNCCN2)C2CNCCN2)cc1C(C)(C)C. The van der Waals surface area contributed by atoms with Gasteiger partial charge in [-0.2, -0.15) is 0 Å². The largest absolute Gasteiger partial charge is 0.314 e. The fourth-order valence-corrected chi connectivity index (χ4v) is 20.7. The Morgan fingerprint density at radius 2 is 0.960 bits per heavy atom. The predicted octanol–water partition coefficient (Wildman–Crippen LogP) is 8.39. The van der Waals surface area contributed by atoms with Gasteiger partial charge in [0.15, 0.2) is 0 Å². The van der Waals surface area contributed by atoms with Crippen molar-refractivity contribution < 1.29 is 0 Å². The molecule has 0 radical (unpaired) electrons. The molecule has 10 fully saturated rings. The highest BCUT2D eigenvalue weighted by molar-refractivity contribution is 7.60. The molecule has 2 saturated heterocycles. The fraction of sp³-hybridized carbons (Fsp3) is 0.864. The Labute approximate surface area is 309 Å². The van der Waals surface area contributed by atoms with Crippen molar-refractivity contribution in [2.75, 3.05) is 39.3 Å². The quantitative estimate of drug-likeness (QED) is 0.214. The van der Waals surface area contributed by atoms with Gasteiger partial charge in [0.05, 0.1) is 0 Å². The highest BCUT2D eigenvalue weighted by Crippen LogP contribution is 2.80. The first-order valence-electron chi connectivity index (χ1n) is 21.4. The molecule has 6 heteroatoms. The molecule has 1 aromatic carbocycles. The van der Waals surface area contributed by atoms with E-state index in [0.717, 1.165) is 74.8 Å². The molecule has 8 bridgehead atoms. The van der Waals surface area contributed by atoms with Gasteiger partial charge in [0.1, 0.15) is 0 Å². The van der Waals surface area contributed by atoms with Gasteiger partial charge in [0.2, 0.25) is 0 Å². The molecule has 3 atom stereocenters. The molecule has 11 rings (SSSR count). The van der Waals surface area contributed by atoms with Crippen molar-refractivity contribution in [1.29, 1.82) is 0 Å². The summed E-state index contributed by atoms with van der Waals surface area (Å²) in [6.45, 7) is 21.2. The number of benzene rings is 1. The molecule has 1 aromatic rings. The second kappa shape index (κ2) is 12.7. The maximum atomic E-state index is 4.11. The average Bonchev–Trinajstić information content (AvgIpc) is 3.05. The van der Waals surface area contributed by atoms with Gasteiger partial charge in [-0.3, -0.25) is 0 Å². The van der Waals surface area contributed by atoms with Crippen LogP contribution >= 0.6 is 17.2 Å². The molecule has 2 aliphatic heterocycles. The van der Waals surface area contributed by atoms with Crippen LogP contribution < -0.4 is 21.3 Å². The first kappa shape index (κ1) is 35.6. The van der Waals surface area contributed by atoms with E-state index in [4.69, 9.17) is 0 Å². The fourth-order valence-electron chi connectivity index (χ4n) is 14.8. The number of nitrogens with one attached hydrogen (secondary N) is 4. The highest BCUT2D eigenvalue weighted by atomic mass is 31.1. The molecular formula is C44H72N4P2. The lowest BCUT2D eigenvalue weighted by atomic mass is 9.55. The molecule has 8 saturated carbocycles. The summed E-state index contributed by atoms with van der Waals surface area (Å²) >= 11 is 0. The van der Waals surface area contributed by atoms with Crippen molar-refractivity contribution in [1.82, 2.24) is 21.3 Å². The van der Waals surface area contributed by atoms with Gasteiger partial charge in [0, 0.05) is 56.5 Å². The van der Waals surface area contributed by atoms with Crippen molar-refractivity contribution in [3.8, 4) is 0 Å². The van der Waals surface area contributed by atoms with E-state index in [1.165, 1.54) is 6.16 Å². The van der Waals surface area contributed by atoms with Crippen LogP contribution in [0.2, 0.25) is 0 Å². The molecule has 2 heterocycles. The lowest BCUT2D eigenvalue weighted by Crippen LogP contribution is -2.66. The van der Waals surface area contributed by atoms with Crippen molar-refractivity contribution in [2.45, 2.75) is 163 Å². The van der Waals surface area contributed by atoms with E-state index in [0.29, 0.717) is 22.4 Å². The highest BCUT2D eigenvalue weighted by Gasteiger charge is 2.63. The Hall–Kier alpha value is -0.0800. The lowest BCUT2D eigenvalue weighted by Gasteiger charge is -2.67. The molecule has 8 aliphatic carbocycles. The van der Waals surface area contributed by atoms with Gasteiger partial charge in [-0.1, -0.05) is 61.6 Å². The third-order valence-corrected chi connectivity index (χ3v) is 21.2. The van der Waals surface area contributed by atoms with E-state index >= 15 is 0 Å². The van der Waals surface area contributed by atoms with Crippen LogP contribution in [0.25, 0.3) is 0 Å². The molecular weight excluding hydrogens is 646 g/mol.